The number of ether oxygens (including phenoxy) is 1. The zero-order chi connectivity index (χ0) is 24.0. The summed E-state index contributed by atoms with van der Waals surface area (Å²) in [5.74, 6) is -3.50. The predicted molar refractivity (Wildman–Crippen MR) is 129 cm³/mol. The van der Waals surface area contributed by atoms with E-state index in [4.69, 9.17) is 27.9 Å². The summed E-state index contributed by atoms with van der Waals surface area (Å²) in [5, 5.41) is 3.90. The number of benzene rings is 3. The number of rotatable bonds is 4. The van der Waals surface area contributed by atoms with E-state index in [0.717, 1.165) is 16.0 Å². The normalized spacial score (nSPS) is 23.1. The van der Waals surface area contributed by atoms with Crippen LogP contribution in [0.25, 0.3) is 0 Å². The Kier molecular flexibility index (Phi) is 5.68. The van der Waals surface area contributed by atoms with Crippen molar-refractivity contribution in [3.8, 4) is 0 Å². The number of amides is 2. The van der Waals surface area contributed by atoms with Gasteiger partial charge in [0, 0.05) is 5.02 Å². The molecule has 3 aromatic carbocycles. The summed E-state index contributed by atoms with van der Waals surface area (Å²) in [4.78, 5) is 41.8. The summed E-state index contributed by atoms with van der Waals surface area (Å²) >= 11 is 12.4. The lowest BCUT2D eigenvalue weighted by molar-refractivity contribution is -0.145. The number of nitrogens with zero attached hydrogens (tertiary/aromatic N) is 1. The topological polar surface area (TPSA) is 75.7 Å². The van der Waals surface area contributed by atoms with Crippen LogP contribution in [0.5, 0.6) is 0 Å². The second kappa shape index (κ2) is 8.55. The molecule has 2 fully saturated rings. The maximum absolute atomic E-state index is 14.1. The molecule has 2 aliphatic rings. The van der Waals surface area contributed by atoms with Crippen molar-refractivity contribution in [2.45, 2.75) is 11.6 Å². The smallest absolute Gasteiger partial charge is 0.323 e. The lowest BCUT2D eigenvalue weighted by atomic mass is 9.72. The standard InChI is InChI=1S/C26H20Cl2N2O4/c1-34-25(33)22-20-21(24(32)30(23(20)31)19-13-12-17(27)14-18(19)28)26(29-22,15-8-4-2-5-9-15)16-10-6-3-7-11-16/h2-14,20-22,29H,1H3/t20-,21+,22-/m1/s1. The first-order valence-corrected chi connectivity index (χ1v) is 11.4. The van der Waals surface area contributed by atoms with Crippen LogP contribution in [0.1, 0.15) is 11.1 Å². The van der Waals surface area contributed by atoms with Crippen LogP contribution < -0.4 is 10.2 Å². The zero-order valence-electron chi connectivity index (χ0n) is 18.1. The van der Waals surface area contributed by atoms with Crippen LogP contribution in [0.15, 0.2) is 78.9 Å². The van der Waals surface area contributed by atoms with Crippen molar-refractivity contribution in [3.05, 3.63) is 100 Å². The first-order valence-electron chi connectivity index (χ1n) is 10.7. The van der Waals surface area contributed by atoms with Gasteiger partial charge in [0.2, 0.25) is 11.8 Å². The van der Waals surface area contributed by atoms with Gasteiger partial charge in [0.1, 0.15) is 6.04 Å². The van der Waals surface area contributed by atoms with E-state index in [-0.39, 0.29) is 10.7 Å². The van der Waals surface area contributed by atoms with Crippen LogP contribution >= 0.6 is 23.2 Å². The van der Waals surface area contributed by atoms with Gasteiger partial charge in [-0.2, -0.15) is 0 Å². The van der Waals surface area contributed by atoms with Crippen LogP contribution in [0.4, 0.5) is 5.69 Å². The van der Waals surface area contributed by atoms with Crippen molar-refractivity contribution in [2.24, 2.45) is 11.8 Å². The third-order valence-corrected chi connectivity index (χ3v) is 7.16. The van der Waals surface area contributed by atoms with E-state index >= 15 is 0 Å². The van der Waals surface area contributed by atoms with E-state index in [1.807, 2.05) is 60.7 Å². The average Bonchev–Trinajstić information content (AvgIpc) is 3.35. The van der Waals surface area contributed by atoms with Gasteiger partial charge in [-0.25, -0.2) is 4.90 Å². The van der Waals surface area contributed by atoms with Gasteiger partial charge in [-0.1, -0.05) is 83.9 Å². The molecule has 1 N–H and O–H groups in total. The van der Waals surface area contributed by atoms with Gasteiger partial charge in [0.15, 0.2) is 0 Å². The highest BCUT2D eigenvalue weighted by Crippen LogP contribution is 2.53. The highest BCUT2D eigenvalue weighted by atomic mass is 35.5. The van der Waals surface area contributed by atoms with Crippen molar-refractivity contribution in [1.82, 2.24) is 5.32 Å². The molecule has 2 heterocycles. The predicted octanol–water partition coefficient (Wildman–Crippen LogP) is 4.19. The van der Waals surface area contributed by atoms with Crippen LogP contribution in [0.3, 0.4) is 0 Å². The van der Waals surface area contributed by atoms with Gasteiger partial charge in [-0.15, -0.1) is 0 Å². The zero-order valence-corrected chi connectivity index (χ0v) is 19.6. The molecule has 34 heavy (non-hydrogen) atoms. The Hall–Kier alpha value is -3.19. The Morgan fingerprint density at radius 1 is 0.912 bits per heavy atom. The minimum atomic E-state index is -1.15. The fourth-order valence-electron chi connectivity index (χ4n) is 5.23. The SMILES string of the molecule is COC(=O)[C@@H]1NC(c2ccccc2)(c2ccccc2)[C@@H]2C(=O)N(c3ccc(Cl)cc3Cl)C(=O)[C@H]21. The Labute approximate surface area is 206 Å². The molecule has 6 nitrogen and oxygen atoms in total. The molecule has 3 aromatic rings. The number of esters is 1. The summed E-state index contributed by atoms with van der Waals surface area (Å²) in [6, 6.07) is 22.2. The average molecular weight is 495 g/mol. The highest BCUT2D eigenvalue weighted by molar-refractivity contribution is 6.38. The lowest BCUT2D eigenvalue weighted by Gasteiger charge is -2.36. The summed E-state index contributed by atoms with van der Waals surface area (Å²) in [6.07, 6.45) is 0. The Morgan fingerprint density at radius 2 is 1.50 bits per heavy atom. The number of nitrogens with one attached hydrogen (secondary N) is 1. The minimum absolute atomic E-state index is 0.168. The van der Waals surface area contributed by atoms with Crippen LogP contribution in [0, 0.1) is 11.8 Å². The van der Waals surface area contributed by atoms with Gasteiger partial charge in [0.25, 0.3) is 0 Å². The second-order valence-electron chi connectivity index (χ2n) is 8.30. The lowest BCUT2D eigenvalue weighted by Crippen LogP contribution is -2.51. The summed E-state index contributed by atoms with van der Waals surface area (Å²) < 4.78 is 5.04. The van der Waals surface area contributed by atoms with Crippen LogP contribution in [-0.4, -0.2) is 30.9 Å². The number of imide groups is 1. The number of carbonyl (C=O) groups is 3. The second-order valence-corrected chi connectivity index (χ2v) is 9.14. The summed E-state index contributed by atoms with van der Waals surface area (Å²) in [6.45, 7) is 0. The number of hydrogen-bond donors (Lipinski definition) is 1. The maximum Gasteiger partial charge on any atom is 0.323 e. The summed E-state index contributed by atoms with van der Waals surface area (Å²) in [5.41, 5.74) is 0.599. The number of fused-ring (bicyclic) bond motifs is 1. The molecule has 5 rings (SSSR count). The van der Waals surface area contributed by atoms with Crippen LogP contribution in [0.2, 0.25) is 10.0 Å². The molecule has 0 radical (unpaired) electrons. The molecule has 0 spiro atoms. The van der Waals surface area contributed by atoms with Crippen LogP contribution in [-0.2, 0) is 24.7 Å². The van der Waals surface area contributed by atoms with Gasteiger partial charge >= 0.3 is 5.97 Å². The Morgan fingerprint density at radius 3 is 2.03 bits per heavy atom. The fraction of sp³-hybridized carbons (Fsp3) is 0.192. The Balaban J connectivity index is 1.76. The molecule has 0 bridgehead atoms. The first-order chi connectivity index (χ1) is 16.4. The monoisotopic (exact) mass is 494 g/mol. The Bertz CT molecular complexity index is 1240. The van der Waals surface area contributed by atoms with Gasteiger partial charge in [-0.3, -0.25) is 19.7 Å². The third kappa shape index (κ3) is 3.25. The highest BCUT2D eigenvalue weighted by Gasteiger charge is 2.68. The molecule has 3 atom stereocenters. The molecule has 172 valence electrons. The van der Waals surface area contributed by atoms with Crippen molar-refractivity contribution in [3.63, 3.8) is 0 Å². The number of methoxy groups -OCH3 is 1. The molecule has 2 aliphatic heterocycles. The van der Waals surface area contributed by atoms with Gasteiger partial charge in [-0.05, 0) is 29.3 Å². The minimum Gasteiger partial charge on any atom is -0.468 e. The largest absolute Gasteiger partial charge is 0.468 e. The molecule has 2 amide bonds. The molecule has 2 saturated heterocycles. The molecule has 8 heteroatoms. The van der Waals surface area contributed by atoms with E-state index in [1.54, 1.807) is 6.07 Å². The first kappa shape index (κ1) is 22.6. The molecule has 0 unspecified atom stereocenters. The molecular formula is C26H20Cl2N2O4. The molecule has 0 saturated carbocycles. The molecule has 0 aromatic heterocycles. The van der Waals surface area contributed by atoms with E-state index < -0.39 is 41.2 Å². The van der Waals surface area contributed by atoms with E-state index in [0.29, 0.717) is 5.02 Å². The maximum atomic E-state index is 14.1. The van der Waals surface area contributed by atoms with Crippen molar-refractivity contribution in [2.75, 3.05) is 12.0 Å². The summed E-state index contributed by atoms with van der Waals surface area (Å²) in [7, 11) is 1.26. The quantitative estimate of drug-likeness (QED) is 0.434. The number of anilines is 1. The number of hydrogen-bond acceptors (Lipinski definition) is 5. The van der Waals surface area contributed by atoms with Crippen molar-refractivity contribution in [1.29, 1.82) is 0 Å². The van der Waals surface area contributed by atoms with E-state index in [1.165, 1.54) is 19.2 Å². The van der Waals surface area contributed by atoms with E-state index in [9.17, 15) is 14.4 Å². The number of halogens is 2. The van der Waals surface area contributed by atoms with Gasteiger partial charge < -0.3 is 4.74 Å². The molecular weight excluding hydrogens is 475 g/mol. The number of carbonyl (C=O) groups excluding carboxylic acids is 3. The fourth-order valence-corrected chi connectivity index (χ4v) is 5.73. The van der Waals surface area contributed by atoms with Gasteiger partial charge in [0.05, 0.1) is 35.2 Å². The van der Waals surface area contributed by atoms with Crippen molar-refractivity contribution >= 4 is 46.7 Å². The van der Waals surface area contributed by atoms with E-state index in [2.05, 4.69) is 5.32 Å². The third-order valence-electron chi connectivity index (χ3n) is 6.62. The van der Waals surface area contributed by atoms with Crippen molar-refractivity contribution < 1.29 is 19.1 Å². The molecule has 0 aliphatic carbocycles.